The van der Waals surface area contributed by atoms with Gasteiger partial charge in [-0.1, -0.05) is 35.6 Å². The largest absolute Gasteiger partial charge is 0.508 e. The molecular formula is C19H17N3O2. The molecule has 0 aliphatic carbocycles. The summed E-state index contributed by atoms with van der Waals surface area (Å²) in [6, 6.07) is 14.7. The lowest BCUT2D eigenvalue weighted by Gasteiger charge is -1.99. The molecule has 0 unspecified atom stereocenters. The van der Waals surface area contributed by atoms with E-state index >= 15 is 0 Å². The van der Waals surface area contributed by atoms with Crippen LogP contribution in [0.25, 0.3) is 24.4 Å². The van der Waals surface area contributed by atoms with Gasteiger partial charge in [0.05, 0.1) is 13.3 Å². The highest BCUT2D eigenvalue weighted by Crippen LogP contribution is 2.15. The molecule has 0 atom stereocenters. The fourth-order valence-corrected chi connectivity index (χ4v) is 2.11. The fraction of sp³-hybridized carbons (Fsp3) is 0.0526. The minimum atomic E-state index is 0.248. The molecule has 120 valence electrons. The normalized spacial score (nSPS) is 11.4. The summed E-state index contributed by atoms with van der Waals surface area (Å²) in [7, 11) is 1.65. The molecule has 24 heavy (non-hydrogen) atoms. The van der Waals surface area contributed by atoms with Crippen molar-refractivity contribution in [1.29, 1.82) is 0 Å². The molecule has 0 aliphatic rings. The molecule has 0 aliphatic heterocycles. The third-order valence-corrected chi connectivity index (χ3v) is 3.38. The van der Waals surface area contributed by atoms with Crippen molar-refractivity contribution in [3.63, 3.8) is 0 Å². The lowest BCUT2D eigenvalue weighted by atomic mass is 10.2. The van der Waals surface area contributed by atoms with Gasteiger partial charge in [0.25, 0.3) is 0 Å². The van der Waals surface area contributed by atoms with Gasteiger partial charge in [-0.3, -0.25) is 0 Å². The highest BCUT2D eigenvalue weighted by Gasteiger charge is 1.96. The van der Waals surface area contributed by atoms with Gasteiger partial charge in [-0.25, -0.2) is 4.68 Å². The fourth-order valence-electron chi connectivity index (χ4n) is 2.11. The summed E-state index contributed by atoms with van der Waals surface area (Å²) in [5, 5.41) is 17.4. The van der Waals surface area contributed by atoms with E-state index in [0.717, 1.165) is 22.6 Å². The van der Waals surface area contributed by atoms with Gasteiger partial charge in [-0.2, -0.15) is 0 Å². The van der Waals surface area contributed by atoms with Gasteiger partial charge in [0, 0.05) is 6.20 Å². The van der Waals surface area contributed by atoms with E-state index in [2.05, 4.69) is 10.3 Å². The highest BCUT2D eigenvalue weighted by atomic mass is 16.5. The van der Waals surface area contributed by atoms with Gasteiger partial charge in [-0.05, 0) is 47.5 Å². The highest BCUT2D eigenvalue weighted by molar-refractivity contribution is 5.68. The second-order valence-electron chi connectivity index (χ2n) is 5.14. The summed E-state index contributed by atoms with van der Waals surface area (Å²) in [6.45, 7) is 0. The van der Waals surface area contributed by atoms with Crippen LogP contribution in [0.15, 0.2) is 54.7 Å². The molecule has 1 aromatic heterocycles. The Hall–Kier alpha value is -3.34. The zero-order valence-corrected chi connectivity index (χ0v) is 13.2. The second kappa shape index (κ2) is 7.28. The molecule has 0 radical (unpaired) electrons. The van der Waals surface area contributed by atoms with Crippen LogP contribution in [-0.2, 0) is 0 Å². The summed E-state index contributed by atoms with van der Waals surface area (Å²) in [6.07, 6.45) is 9.38. The van der Waals surface area contributed by atoms with E-state index in [1.165, 1.54) is 0 Å². The quantitative estimate of drug-likeness (QED) is 0.777. The van der Waals surface area contributed by atoms with Gasteiger partial charge in [-0.15, -0.1) is 5.10 Å². The van der Waals surface area contributed by atoms with Crippen LogP contribution in [0.2, 0.25) is 0 Å². The minimum absolute atomic E-state index is 0.248. The number of nitrogens with zero attached hydrogens (tertiary/aromatic N) is 3. The van der Waals surface area contributed by atoms with E-state index in [9.17, 15) is 5.11 Å². The maximum absolute atomic E-state index is 9.26. The summed E-state index contributed by atoms with van der Waals surface area (Å²) in [5.74, 6) is 1.07. The Morgan fingerprint density at radius 3 is 2.62 bits per heavy atom. The van der Waals surface area contributed by atoms with Crippen molar-refractivity contribution in [2.45, 2.75) is 0 Å². The third-order valence-electron chi connectivity index (χ3n) is 3.38. The topological polar surface area (TPSA) is 60.2 Å². The number of ether oxygens (including phenoxy) is 1. The predicted molar refractivity (Wildman–Crippen MR) is 95.3 cm³/mol. The van der Waals surface area contributed by atoms with Crippen molar-refractivity contribution in [2.24, 2.45) is 0 Å². The first kappa shape index (κ1) is 15.6. The van der Waals surface area contributed by atoms with Crippen LogP contribution in [-0.4, -0.2) is 27.2 Å². The van der Waals surface area contributed by atoms with Crippen molar-refractivity contribution in [3.05, 3.63) is 71.5 Å². The Labute approximate surface area is 140 Å². The van der Waals surface area contributed by atoms with Gasteiger partial charge in [0.2, 0.25) is 0 Å². The number of aromatic nitrogens is 3. The standard InChI is InChI=1S/C19H17N3O2/c1-24-19-4-2-3-16(13-19)5-8-17-14-22(21-20-17)12-11-15-6-9-18(23)10-7-15/h2-14,23H,1H3/b8-5+,12-11+. The maximum atomic E-state index is 9.26. The van der Waals surface area contributed by atoms with Crippen molar-refractivity contribution >= 4 is 24.4 Å². The molecular weight excluding hydrogens is 302 g/mol. The average molecular weight is 319 g/mol. The van der Waals surface area contributed by atoms with Crippen molar-refractivity contribution < 1.29 is 9.84 Å². The van der Waals surface area contributed by atoms with E-state index in [-0.39, 0.29) is 5.75 Å². The van der Waals surface area contributed by atoms with Crippen LogP contribution in [0.5, 0.6) is 11.5 Å². The predicted octanol–water partition coefficient (Wildman–Crippen LogP) is 3.79. The van der Waals surface area contributed by atoms with E-state index in [1.807, 2.05) is 67.0 Å². The summed E-state index contributed by atoms with van der Waals surface area (Å²) in [5.41, 5.74) is 2.76. The number of aromatic hydroxyl groups is 1. The summed E-state index contributed by atoms with van der Waals surface area (Å²) < 4.78 is 6.84. The number of phenols is 1. The smallest absolute Gasteiger partial charge is 0.119 e. The van der Waals surface area contributed by atoms with E-state index < -0.39 is 0 Å². The van der Waals surface area contributed by atoms with Gasteiger partial charge >= 0.3 is 0 Å². The number of hydrogen-bond donors (Lipinski definition) is 1. The molecule has 0 saturated heterocycles. The Morgan fingerprint density at radius 1 is 1.00 bits per heavy atom. The number of rotatable bonds is 5. The molecule has 2 aromatic carbocycles. The third kappa shape index (κ3) is 4.10. The number of benzene rings is 2. The molecule has 5 heteroatoms. The summed E-state index contributed by atoms with van der Waals surface area (Å²) in [4.78, 5) is 0. The van der Waals surface area contributed by atoms with E-state index in [1.54, 1.807) is 23.9 Å². The Bertz CT molecular complexity index is 864. The van der Waals surface area contributed by atoms with Crippen LogP contribution < -0.4 is 4.74 Å². The average Bonchev–Trinajstić information content (AvgIpc) is 3.08. The van der Waals surface area contributed by atoms with Gasteiger partial charge in [0.1, 0.15) is 17.2 Å². The van der Waals surface area contributed by atoms with E-state index in [0.29, 0.717) is 0 Å². The summed E-state index contributed by atoms with van der Waals surface area (Å²) >= 11 is 0. The van der Waals surface area contributed by atoms with Gasteiger partial charge in [0.15, 0.2) is 0 Å². The van der Waals surface area contributed by atoms with Crippen LogP contribution in [0, 0.1) is 0 Å². The molecule has 5 nitrogen and oxygen atoms in total. The first-order valence-corrected chi connectivity index (χ1v) is 7.44. The van der Waals surface area contributed by atoms with Crippen LogP contribution in [0.1, 0.15) is 16.8 Å². The van der Waals surface area contributed by atoms with Gasteiger partial charge < -0.3 is 9.84 Å². The minimum Gasteiger partial charge on any atom is -0.508 e. The van der Waals surface area contributed by atoms with Crippen LogP contribution in [0.4, 0.5) is 0 Å². The molecule has 1 heterocycles. The van der Waals surface area contributed by atoms with E-state index in [4.69, 9.17) is 4.74 Å². The molecule has 0 saturated carbocycles. The number of hydrogen-bond acceptors (Lipinski definition) is 4. The van der Waals surface area contributed by atoms with Crippen molar-refractivity contribution in [1.82, 2.24) is 15.0 Å². The molecule has 0 fully saturated rings. The number of methoxy groups -OCH3 is 1. The monoisotopic (exact) mass is 319 g/mol. The molecule has 3 aromatic rings. The van der Waals surface area contributed by atoms with Crippen molar-refractivity contribution in [2.75, 3.05) is 7.11 Å². The zero-order valence-electron chi connectivity index (χ0n) is 13.2. The Balaban J connectivity index is 1.68. The zero-order chi connectivity index (χ0) is 16.8. The molecule has 0 spiro atoms. The Morgan fingerprint density at radius 2 is 1.83 bits per heavy atom. The lowest BCUT2D eigenvalue weighted by Crippen LogP contribution is -1.85. The molecule has 3 rings (SSSR count). The SMILES string of the molecule is COc1cccc(/C=C/c2cn(/C=C/c3ccc(O)cc3)nn2)c1. The van der Waals surface area contributed by atoms with Crippen LogP contribution >= 0.6 is 0 Å². The lowest BCUT2D eigenvalue weighted by molar-refractivity contribution is 0.414. The number of phenolic OH excluding ortho intramolecular Hbond substituents is 1. The maximum Gasteiger partial charge on any atom is 0.119 e. The molecule has 0 bridgehead atoms. The first-order chi connectivity index (χ1) is 11.7. The van der Waals surface area contributed by atoms with Crippen molar-refractivity contribution in [3.8, 4) is 11.5 Å². The van der Waals surface area contributed by atoms with Crippen LogP contribution in [0.3, 0.4) is 0 Å². The molecule has 0 amide bonds. The second-order valence-corrected chi connectivity index (χ2v) is 5.14. The Kier molecular flexibility index (Phi) is 4.72. The first-order valence-electron chi connectivity index (χ1n) is 7.44. The molecule has 1 N–H and O–H groups in total.